The maximum Gasteiger partial charge on any atom is 0.0725 e. The van der Waals surface area contributed by atoms with Crippen molar-refractivity contribution in [2.75, 3.05) is 5.32 Å². The molecule has 2 heteroatoms. The van der Waals surface area contributed by atoms with Crippen LogP contribution in [0.1, 0.15) is 22.3 Å². The molecule has 0 amide bonds. The molecule has 2 aliphatic carbocycles. The topological polar surface area (TPSA) is 12.0 Å². The van der Waals surface area contributed by atoms with Crippen molar-refractivity contribution in [3.63, 3.8) is 0 Å². The van der Waals surface area contributed by atoms with E-state index in [2.05, 4.69) is 161 Å². The summed E-state index contributed by atoms with van der Waals surface area (Å²) in [6.07, 6.45) is 0. The van der Waals surface area contributed by atoms with Crippen molar-refractivity contribution in [2.24, 2.45) is 0 Å². The summed E-state index contributed by atoms with van der Waals surface area (Å²) in [6.45, 7) is 0. The Morgan fingerprint density at radius 3 is 1.38 bits per heavy atom. The van der Waals surface area contributed by atoms with Crippen LogP contribution in [-0.2, 0) is 5.41 Å². The first-order valence-electron chi connectivity index (χ1n) is 13.3. The van der Waals surface area contributed by atoms with Gasteiger partial charge in [0.05, 0.1) is 5.41 Å². The van der Waals surface area contributed by atoms with Crippen LogP contribution in [-0.4, -0.2) is 0 Å². The largest absolute Gasteiger partial charge is 0.356 e. The van der Waals surface area contributed by atoms with Gasteiger partial charge in [0.2, 0.25) is 0 Å². The third-order valence-corrected chi connectivity index (χ3v) is 8.88. The molecule has 0 saturated heterocycles. The summed E-state index contributed by atoms with van der Waals surface area (Å²) in [5.74, 6) is 0. The number of hydrogen-bond acceptors (Lipinski definition) is 1. The highest BCUT2D eigenvalue weighted by atomic mass is 79.9. The minimum absolute atomic E-state index is 0.307. The van der Waals surface area contributed by atoms with Crippen molar-refractivity contribution < 1.29 is 0 Å². The predicted molar refractivity (Wildman–Crippen MR) is 166 cm³/mol. The van der Waals surface area contributed by atoms with Crippen LogP contribution in [0.15, 0.2) is 144 Å². The highest BCUT2D eigenvalue weighted by molar-refractivity contribution is 9.10. The van der Waals surface area contributed by atoms with Gasteiger partial charge in [-0.15, -0.1) is 0 Å². The summed E-state index contributed by atoms with van der Waals surface area (Å²) >= 11 is 3.51. The fourth-order valence-corrected chi connectivity index (χ4v) is 6.98. The van der Waals surface area contributed by atoms with E-state index in [4.69, 9.17) is 0 Å². The Bertz CT molecular complexity index is 1820. The summed E-state index contributed by atoms with van der Waals surface area (Å²) in [6, 6.07) is 51.0. The zero-order valence-electron chi connectivity index (χ0n) is 21.2. The molecule has 1 spiro atoms. The molecule has 0 fully saturated rings. The van der Waals surface area contributed by atoms with Crippen LogP contribution in [0.4, 0.5) is 11.4 Å². The van der Waals surface area contributed by atoms with Gasteiger partial charge in [-0.25, -0.2) is 0 Å². The molecule has 0 aliphatic heterocycles. The monoisotopic (exact) mass is 561 g/mol. The van der Waals surface area contributed by atoms with Crippen molar-refractivity contribution in [3.8, 4) is 33.4 Å². The van der Waals surface area contributed by atoms with Crippen LogP contribution < -0.4 is 5.32 Å². The molecular formula is C37H24BrN. The van der Waals surface area contributed by atoms with E-state index in [-0.39, 0.29) is 5.41 Å². The van der Waals surface area contributed by atoms with E-state index in [0.29, 0.717) is 0 Å². The Morgan fingerprint density at radius 2 is 0.846 bits per heavy atom. The van der Waals surface area contributed by atoms with Gasteiger partial charge in [-0.05, 0) is 98.1 Å². The van der Waals surface area contributed by atoms with Gasteiger partial charge in [-0.3, -0.25) is 0 Å². The maximum atomic E-state index is 3.51. The Morgan fingerprint density at radius 1 is 0.410 bits per heavy atom. The first-order valence-corrected chi connectivity index (χ1v) is 14.1. The third kappa shape index (κ3) is 3.25. The summed E-state index contributed by atoms with van der Waals surface area (Å²) in [5.41, 5.74) is 15.1. The molecule has 0 atom stereocenters. The Labute approximate surface area is 236 Å². The average molecular weight is 563 g/mol. The molecule has 0 radical (unpaired) electrons. The van der Waals surface area contributed by atoms with E-state index < -0.39 is 0 Å². The number of halogens is 1. The minimum Gasteiger partial charge on any atom is -0.356 e. The standard InChI is InChI=1S/C37H24BrN/c38-26-16-20-28(21-17-26)39-27-18-13-24(14-19-27)25-15-22-32-31-9-3-6-12-35(31)37(36(32)23-25)33-10-4-1-7-29(33)30-8-2-5-11-34(30)37/h1-23,39H. The van der Waals surface area contributed by atoms with Crippen LogP contribution in [0.2, 0.25) is 0 Å². The zero-order valence-corrected chi connectivity index (χ0v) is 22.7. The lowest BCUT2D eigenvalue weighted by molar-refractivity contribution is 0.794. The zero-order chi connectivity index (χ0) is 26.0. The number of nitrogens with one attached hydrogen (secondary N) is 1. The molecule has 6 aromatic carbocycles. The van der Waals surface area contributed by atoms with Gasteiger partial charge in [0.1, 0.15) is 0 Å². The molecule has 0 aromatic heterocycles. The van der Waals surface area contributed by atoms with Gasteiger partial charge in [-0.1, -0.05) is 113 Å². The molecule has 0 bridgehead atoms. The number of hydrogen-bond donors (Lipinski definition) is 1. The van der Waals surface area contributed by atoms with Crippen LogP contribution in [0, 0.1) is 0 Å². The first-order chi connectivity index (χ1) is 19.2. The highest BCUT2D eigenvalue weighted by Gasteiger charge is 2.51. The van der Waals surface area contributed by atoms with E-state index in [1.165, 1.54) is 55.6 Å². The fraction of sp³-hybridized carbons (Fsp3) is 0.0270. The quantitative estimate of drug-likeness (QED) is 0.226. The van der Waals surface area contributed by atoms with E-state index in [0.717, 1.165) is 15.8 Å². The van der Waals surface area contributed by atoms with Crippen LogP contribution in [0.25, 0.3) is 33.4 Å². The molecular weight excluding hydrogens is 538 g/mol. The lowest BCUT2D eigenvalue weighted by Gasteiger charge is -2.30. The number of anilines is 2. The highest BCUT2D eigenvalue weighted by Crippen LogP contribution is 2.62. The molecule has 2 aliphatic rings. The molecule has 1 N–H and O–H groups in total. The maximum absolute atomic E-state index is 3.51. The van der Waals surface area contributed by atoms with E-state index in [1.807, 2.05) is 0 Å². The van der Waals surface area contributed by atoms with E-state index >= 15 is 0 Å². The fourth-order valence-electron chi connectivity index (χ4n) is 6.72. The SMILES string of the molecule is Brc1ccc(Nc2ccc(-c3ccc4c(c3)C3(c5ccccc5-c5ccccc53)c3ccccc3-4)cc2)cc1. The molecule has 0 saturated carbocycles. The number of fused-ring (bicyclic) bond motifs is 10. The number of rotatable bonds is 3. The van der Waals surface area contributed by atoms with Crippen molar-refractivity contribution in [2.45, 2.75) is 5.41 Å². The van der Waals surface area contributed by atoms with Gasteiger partial charge in [0, 0.05) is 15.8 Å². The molecule has 39 heavy (non-hydrogen) atoms. The van der Waals surface area contributed by atoms with Gasteiger partial charge < -0.3 is 5.32 Å². The van der Waals surface area contributed by atoms with Gasteiger partial charge in [0.25, 0.3) is 0 Å². The van der Waals surface area contributed by atoms with Gasteiger partial charge in [-0.2, -0.15) is 0 Å². The Balaban J connectivity index is 1.28. The lowest BCUT2D eigenvalue weighted by atomic mass is 9.70. The Hall–Kier alpha value is -4.40. The molecule has 0 heterocycles. The summed E-state index contributed by atoms with van der Waals surface area (Å²) in [7, 11) is 0. The molecule has 184 valence electrons. The van der Waals surface area contributed by atoms with E-state index in [9.17, 15) is 0 Å². The van der Waals surface area contributed by atoms with Crippen molar-refractivity contribution in [1.82, 2.24) is 0 Å². The van der Waals surface area contributed by atoms with Crippen LogP contribution in [0.5, 0.6) is 0 Å². The summed E-state index contributed by atoms with van der Waals surface area (Å²) < 4.78 is 1.08. The lowest BCUT2D eigenvalue weighted by Crippen LogP contribution is -2.25. The second-order valence-corrected chi connectivity index (χ2v) is 11.3. The Kier molecular flexibility index (Phi) is 4.95. The predicted octanol–water partition coefficient (Wildman–Crippen LogP) is 10.2. The van der Waals surface area contributed by atoms with Crippen molar-refractivity contribution in [1.29, 1.82) is 0 Å². The van der Waals surface area contributed by atoms with Gasteiger partial charge in [0.15, 0.2) is 0 Å². The average Bonchev–Trinajstić information content (AvgIpc) is 3.46. The molecule has 1 nitrogen and oxygen atoms in total. The first kappa shape index (κ1) is 22.6. The number of benzene rings is 6. The van der Waals surface area contributed by atoms with Gasteiger partial charge >= 0.3 is 0 Å². The third-order valence-electron chi connectivity index (χ3n) is 8.35. The van der Waals surface area contributed by atoms with Crippen molar-refractivity contribution in [3.05, 3.63) is 166 Å². The van der Waals surface area contributed by atoms with Crippen molar-refractivity contribution >= 4 is 27.3 Å². The second-order valence-electron chi connectivity index (χ2n) is 10.4. The van der Waals surface area contributed by atoms with E-state index in [1.54, 1.807) is 0 Å². The normalized spacial score (nSPS) is 13.5. The second kappa shape index (κ2) is 8.56. The molecule has 6 aromatic rings. The summed E-state index contributed by atoms with van der Waals surface area (Å²) in [5, 5.41) is 3.50. The van der Waals surface area contributed by atoms with Crippen LogP contribution >= 0.6 is 15.9 Å². The smallest absolute Gasteiger partial charge is 0.0725 e. The van der Waals surface area contributed by atoms with Crippen LogP contribution in [0.3, 0.4) is 0 Å². The molecule has 0 unspecified atom stereocenters. The molecule has 8 rings (SSSR count). The minimum atomic E-state index is -0.307. The summed E-state index contributed by atoms with van der Waals surface area (Å²) in [4.78, 5) is 0.